The maximum Gasteiger partial charge on any atom is 0.341 e. The van der Waals surface area contributed by atoms with Crippen molar-refractivity contribution >= 4 is 34.3 Å². The predicted molar refractivity (Wildman–Crippen MR) is 133 cm³/mol. The molecule has 5 nitrogen and oxygen atoms in total. The Morgan fingerprint density at radius 2 is 1.88 bits per heavy atom. The number of ether oxygens (including phenoxy) is 2. The van der Waals surface area contributed by atoms with Gasteiger partial charge in [0.25, 0.3) is 0 Å². The first-order valence-corrected chi connectivity index (χ1v) is 12.0. The quantitative estimate of drug-likeness (QED) is 0.339. The summed E-state index contributed by atoms with van der Waals surface area (Å²) < 4.78 is 10.6. The highest BCUT2D eigenvalue weighted by Gasteiger charge is 2.23. The van der Waals surface area contributed by atoms with Crippen molar-refractivity contribution in [3.8, 4) is 16.9 Å². The summed E-state index contributed by atoms with van der Waals surface area (Å²) in [5, 5.41) is 5.23. The topological polar surface area (TPSA) is 64.6 Å². The molecule has 3 aromatic rings. The first-order chi connectivity index (χ1) is 16.1. The minimum Gasteiger partial charge on any atom is -0.493 e. The van der Waals surface area contributed by atoms with Gasteiger partial charge >= 0.3 is 5.97 Å². The van der Waals surface area contributed by atoms with E-state index in [1.165, 1.54) is 48.5 Å². The van der Waals surface area contributed by atoms with Crippen LogP contribution in [0.4, 0.5) is 5.00 Å². The van der Waals surface area contributed by atoms with E-state index in [-0.39, 0.29) is 5.91 Å². The first kappa shape index (κ1) is 22.8. The molecule has 1 heterocycles. The number of aryl methyl sites for hydroxylation is 2. The largest absolute Gasteiger partial charge is 0.493 e. The van der Waals surface area contributed by atoms with Crippen molar-refractivity contribution in [3.63, 3.8) is 0 Å². The van der Waals surface area contributed by atoms with Crippen molar-refractivity contribution in [2.75, 3.05) is 19.0 Å². The van der Waals surface area contributed by atoms with Gasteiger partial charge in [0.05, 0.1) is 13.7 Å². The normalized spacial score (nSPS) is 12.9. The number of hydrogen-bond acceptors (Lipinski definition) is 5. The minimum atomic E-state index is -0.468. The van der Waals surface area contributed by atoms with E-state index < -0.39 is 5.97 Å². The molecule has 0 bridgehead atoms. The molecule has 170 valence electrons. The summed E-state index contributed by atoms with van der Waals surface area (Å²) in [4.78, 5) is 25.3. The van der Waals surface area contributed by atoms with E-state index in [0.717, 1.165) is 29.5 Å². The van der Waals surface area contributed by atoms with Crippen molar-refractivity contribution < 1.29 is 19.1 Å². The van der Waals surface area contributed by atoms with Gasteiger partial charge in [0.1, 0.15) is 16.3 Å². The second-order valence-electron chi connectivity index (χ2n) is 7.83. The van der Waals surface area contributed by atoms with E-state index in [9.17, 15) is 9.59 Å². The lowest BCUT2D eigenvalue weighted by Gasteiger charge is -2.16. The average Bonchev–Trinajstić information content (AvgIpc) is 3.26. The Morgan fingerprint density at radius 3 is 2.67 bits per heavy atom. The lowest BCUT2D eigenvalue weighted by molar-refractivity contribution is -0.111. The zero-order valence-electron chi connectivity index (χ0n) is 18.9. The van der Waals surface area contributed by atoms with E-state index in [1.54, 1.807) is 6.08 Å². The molecule has 6 heteroatoms. The number of para-hydroxylation sites is 1. The van der Waals surface area contributed by atoms with Crippen molar-refractivity contribution in [1.29, 1.82) is 0 Å². The summed E-state index contributed by atoms with van der Waals surface area (Å²) in [5.74, 6) is -0.0830. The Hall–Kier alpha value is -3.38. The standard InChI is InChI=1S/C27H27NO4S/c1-3-32-23-11-7-6-9-19(23)14-15-24(29)28-26-25(27(30)31-2)22(17-33-26)21-13-12-18-8-4-5-10-20(18)16-21/h6-7,9,11-17H,3-5,8,10H2,1-2H3,(H,28,29)/b15-14+. The summed E-state index contributed by atoms with van der Waals surface area (Å²) in [6.45, 7) is 2.46. The van der Waals surface area contributed by atoms with E-state index in [4.69, 9.17) is 9.47 Å². The van der Waals surface area contributed by atoms with Gasteiger partial charge in [-0.15, -0.1) is 11.3 Å². The summed E-state index contributed by atoms with van der Waals surface area (Å²) >= 11 is 1.32. The zero-order valence-corrected chi connectivity index (χ0v) is 19.7. The SMILES string of the molecule is CCOc1ccccc1/C=C/C(=O)Nc1scc(-c2ccc3c(c2)CCCC3)c1C(=O)OC. The molecule has 1 amide bonds. The third-order valence-corrected chi connectivity index (χ3v) is 6.61. The van der Waals surface area contributed by atoms with Crippen LogP contribution in [-0.2, 0) is 22.4 Å². The Kier molecular flexibility index (Phi) is 7.25. The van der Waals surface area contributed by atoms with Gasteiger partial charge in [-0.1, -0.05) is 36.4 Å². The van der Waals surface area contributed by atoms with E-state index in [2.05, 4.69) is 23.5 Å². The van der Waals surface area contributed by atoms with Crippen molar-refractivity contribution in [2.45, 2.75) is 32.6 Å². The maximum absolute atomic E-state index is 12.7. The molecular weight excluding hydrogens is 434 g/mol. The van der Waals surface area contributed by atoms with Crippen LogP contribution in [0.3, 0.4) is 0 Å². The first-order valence-electron chi connectivity index (χ1n) is 11.1. The van der Waals surface area contributed by atoms with Gasteiger partial charge in [-0.2, -0.15) is 0 Å². The Labute approximate surface area is 198 Å². The van der Waals surface area contributed by atoms with E-state index in [0.29, 0.717) is 22.9 Å². The lowest BCUT2D eigenvalue weighted by Crippen LogP contribution is -2.11. The molecule has 1 N–H and O–H groups in total. The number of methoxy groups -OCH3 is 1. The molecule has 33 heavy (non-hydrogen) atoms. The number of anilines is 1. The molecule has 0 fully saturated rings. The number of carbonyl (C=O) groups is 2. The second kappa shape index (κ2) is 10.5. The second-order valence-corrected chi connectivity index (χ2v) is 8.71. The summed E-state index contributed by atoms with van der Waals surface area (Å²) in [5.41, 5.74) is 5.65. The van der Waals surface area contributed by atoms with Gasteiger partial charge in [-0.25, -0.2) is 4.79 Å². The lowest BCUT2D eigenvalue weighted by atomic mass is 9.89. The van der Waals surface area contributed by atoms with E-state index in [1.807, 2.05) is 36.6 Å². The van der Waals surface area contributed by atoms with Gasteiger partial charge in [-0.3, -0.25) is 4.79 Å². The third kappa shape index (κ3) is 5.17. The molecule has 0 spiro atoms. The van der Waals surface area contributed by atoms with Gasteiger partial charge in [-0.05, 0) is 61.4 Å². The van der Waals surface area contributed by atoms with Crippen LogP contribution in [0.25, 0.3) is 17.2 Å². The number of thiophene rings is 1. The van der Waals surface area contributed by atoms with Crippen molar-refractivity contribution in [1.82, 2.24) is 0 Å². The number of fused-ring (bicyclic) bond motifs is 1. The monoisotopic (exact) mass is 461 g/mol. The Balaban J connectivity index is 1.59. The molecule has 0 saturated heterocycles. The fourth-order valence-corrected chi connectivity index (χ4v) is 5.05. The third-order valence-electron chi connectivity index (χ3n) is 5.71. The number of benzene rings is 2. The molecule has 0 saturated carbocycles. The number of hydrogen-bond donors (Lipinski definition) is 1. The fourth-order valence-electron chi connectivity index (χ4n) is 4.09. The summed E-state index contributed by atoms with van der Waals surface area (Å²) in [6.07, 6.45) is 7.70. The fraction of sp³-hybridized carbons (Fsp3) is 0.259. The highest BCUT2D eigenvalue weighted by Crippen LogP contribution is 2.37. The molecule has 0 radical (unpaired) electrons. The highest BCUT2D eigenvalue weighted by atomic mass is 32.1. The van der Waals surface area contributed by atoms with Crippen LogP contribution in [0.5, 0.6) is 5.75 Å². The molecule has 1 aromatic heterocycles. The maximum atomic E-state index is 12.7. The summed E-state index contributed by atoms with van der Waals surface area (Å²) in [6, 6.07) is 13.9. The average molecular weight is 462 g/mol. The van der Waals surface area contributed by atoms with Crippen molar-refractivity contribution in [3.05, 3.63) is 76.2 Å². The molecular formula is C27H27NO4S. The van der Waals surface area contributed by atoms with Crippen LogP contribution in [0.15, 0.2) is 53.9 Å². The van der Waals surface area contributed by atoms with E-state index >= 15 is 0 Å². The molecule has 2 aromatic carbocycles. The minimum absolute atomic E-state index is 0.328. The molecule has 1 aliphatic carbocycles. The van der Waals surface area contributed by atoms with Crippen LogP contribution in [0, 0.1) is 0 Å². The highest BCUT2D eigenvalue weighted by molar-refractivity contribution is 7.15. The number of nitrogens with one attached hydrogen (secondary N) is 1. The molecule has 0 atom stereocenters. The van der Waals surface area contributed by atoms with Crippen molar-refractivity contribution in [2.24, 2.45) is 0 Å². The number of rotatable bonds is 7. The van der Waals surface area contributed by atoms with Crippen LogP contribution < -0.4 is 10.1 Å². The molecule has 0 unspecified atom stereocenters. The predicted octanol–water partition coefficient (Wildman–Crippen LogP) is 6.13. The molecule has 0 aliphatic heterocycles. The van der Waals surface area contributed by atoms with Crippen LogP contribution in [0.1, 0.15) is 46.8 Å². The number of carbonyl (C=O) groups excluding carboxylic acids is 2. The van der Waals surface area contributed by atoms with Gasteiger partial charge < -0.3 is 14.8 Å². The Bertz CT molecular complexity index is 1190. The summed E-state index contributed by atoms with van der Waals surface area (Å²) in [7, 11) is 1.35. The van der Waals surface area contributed by atoms with Gasteiger partial charge in [0, 0.05) is 22.6 Å². The molecule has 4 rings (SSSR count). The van der Waals surface area contributed by atoms with Crippen LogP contribution in [0.2, 0.25) is 0 Å². The van der Waals surface area contributed by atoms with Crippen LogP contribution >= 0.6 is 11.3 Å². The Morgan fingerprint density at radius 1 is 1.09 bits per heavy atom. The van der Waals surface area contributed by atoms with Gasteiger partial charge in [0.2, 0.25) is 5.91 Å². The smallest absolute Gasteiger partial charge is 0.341 e. The molecule has 1 aliphatic rings. The number of esters is 1. The van der Waals surface area contributed by atoms with Gasteiger partial charge in [0.15, 0.2) is 0 Å². The number of amides is 1. The zero-order chi connectivity index (χ0) is 23.2. The van der Waals surface area contributed by atoms with Crippen LogP contribution in [-0.4, -0.2) is 25.6 Å².